The van der Waals surface area contributed by atoms with Crippen LogP contribution in [0.25, 0.3) is 4.85 Å². The molecule has 2 aromatic heterocycles. The second-order valence-corrected chi connectivity index (χ2v) is 5.98. The average molecular weight is 377 g/mol. The van der Waals surface area contributed by atoms with E-state index in [0.29, 0.717) is 24.3 Å². The van der Waals surface area contributed by atoms with Gasteiger partial charge < -0.3 is 5.32 Å². The summed E-state index contributed by atoms with van der Waals surface area (Å²) < 4.78 is 14.7. The van der Waals surface area contributed by atoms with Crippen molar-refractivity contribution >= 4 is 17.4 Å². The molecular weight excluding hydrogens is 361 g/mol. The van der Waals surface area contributed by atoms with Crippen molar-refractivity contribution in [1.82, 2.24) is 14.8 Å². The van der Waals surface area contributed by atoms with Crippen LogP contribution in [0.2, 0.25) is 0 Å². The van der Waals surface area contributed by atoms with E-state index in [9.17, 15) is 14.0 Å². The Balaban J connectivity index is 1.71. The van der Waals surface area contributed by atoms with Gasteiger partial charge in [-0.15, -0.1) is 0 Å². The zero-order valence-corrected chi connectivity index (χ0v) is 15.0. The van der Waals surface area contributed by atoms with Crippen molar-refractivity contribution in [2.24, 2.45) is 0 Å². The molecular formula is C20H16FN5O2. The number of pyridine rings is 1. The molecule has 8 heteroatoms. The summed E-state index contributed by atoms with van der Waals surface area (Å²) in [6.07, 6.45) is 1.98. The van der Waals surface area contributed by atoms with Gasteiger partial charge in [0.2, 0.25) is 0 Å². The molecule has 0 fully saturated rings. The van der Waals surface area contributed by atoms with Gasteiger partial charge in [0.25, 0.3) is 11.5 Å². The summed E-state index contributed by atoms with van der Waals surface area (Å²) in [5.74, 6) is -0.610. The summed E-state index contributed by atoms with van der Waals surface area (Å²) in [5.41, 5.74) is 1.54. The van der Waals surface area contributed by atoms with E-state index in [4.69, 9.17) is 6.57 Å². The van der Waals surface area contributed by atoms with Crippen LogP contribution in [0.5, 0.6) is 0 Å². The largest absolute Gasteiger partial charge is 0.305 e. The van der Waals surface area contributed by atoms with Gasteiger partial charge >= 0.3 is 0 Å². The molecule has 7 nitrogen and oxygen atoms in total. The maximum Gasteiger partial charge on any atom is 0.277 e. The molecule has 0 aliphatic heterocycles. The van der Waals surface area contributed by atoms with E-state index >= 15 is 0 Å². The third kappa shape index (κ3) is 4.45. The summed E-state index contributed by atoms with van der Waals surface area (Å²) in [7, 11) is 0. The van der Waals surface area contributed by atoms with Crippen molar-refractivity contribution < 1.29 is 9.18 Å². The highest BCUT2D eigenvalue weighted by atomic mass is 19.1. The monoisotopic (exact) mass is 377 g/mol. The number of hydrogen-bond donors (Lipinski definition) is 1. The maximum absolute atomic E-state index is 13.5. The molecule has 0 spiro atoms. The van der Waals surface area contributed by atoms with Gasteiger partial charge in [0.15, 0.2) is 5.69 Å². The second kappa shape index (κ2) is 8.22. The highest BCUT2D eigenvalue weighted by Crippen LogP contribution is 2.19. The Bertz CT molecular complexity index is 1120. The standard InChI is InChI=1S/C20H16FN5O2/c1-3-26-19(27)7-5-17(25-26)20(28)24-18-6-4-13(12-23-18)8-14-9-15(21)11-16(10-14)22-2/h4-7,9-12H,3,8H2,1H3,(H,23,24,28). The zero-order chi connectivity index (χ0) is 20.1. The number of rotatable bonds is 5. The fraction of sp³-hybridized carbons (Fsp3) is 0.150. The van der Waals surface area contributed by atoms with E-state index in [1.165, 1.54) is 28.9 Å². The lowest BCUT2D eigenvalue weighted by atomic mass is 10.1. The van der Waals surface area contributed by atoms with Crippen LogP contribution in [-0.4, -0.2) is 20.7 Å². The Morgan fingerprint density at radius 1 is 1.21 bits per heavy atom. The van der Waals surface area contributed by atoms with Gasteiger partial charge in [-0.3, -0.25) is 9.59 Å². The average Bonchev–Trinajstić information content (AvgIpc) is 2.69. The first kappa shape index (κ1) is 18.9. The minimum atomic E-state index is -0.478. The molecule has 0 aliphatic rings. The number of amides is 1. The van der Waals surface area contributed by atoms with Gasteiger partial charge in [-0.1, -0.05) is 17.7 Å². The molecule has 0 saturated heterocycles. The number of anilines is 1. The van der Waals surface area contributed by atoms with Crippen molar-refractivity contribution in [2.45, 2.75) is 19.9 Å². The van der Waals surface area contributed by atoms with Crippen LogP contribution < -0.4 is 10.9 Å². The van der Waals surface area contributed by atoms with Crippen molar-refractivity contribution in [2.75, 3.05) is 5.32 Å². The summed E-state index contributed by atoms with van der Waals surface area (Å²) in [6.45, 7) is 9.12. The number of nitrogens with zero attached hydrogens (tertiary/aromatic N) is 4. The topological polar surface area (TPSA) is 81.2 Å². The van der Waals surface area contributed by atoms with Crippen LogP contribution in [0.4, 0.5) is 15.9 Å². The van der Waals surface area contributed by atoms with Gasteiger partial charge in [0, 0.05) is 18.8 Å². The number of aryl methyl sites for hydroxylation is 1. The molecule has 0 radical (unpaired) electrons. The fourth-order valence-electron chi connectivity index (χ4n) is 2.62. The lowest BCUT2D eigenvalue weighted by Crippen LogP contribution is -2.25. The Hall–Kier alpha value is -3.86. The predicted molar refractivity (Wildman–Crippen MR) is 102 cm³/mol. The molecule has 3 rings (SSSR count). The van der Waals surface area contributed by atoms with Crippen molar-refractivity contribution in [3.8, 4) is 0 Å². The lowest BCUT2D eigenvalue weighted by Gasteiger charge is -2.07. The number of benzene rings is 1. The van der Waals surface area contributed by atoms with Crippen molar-refractivity contribution in [3.05, 3.63) is 93.1 Å². The van der Waals surface area contributed by atoms with Gasteiger partial charge in [-0.05, 0) is 43.2 Å². The van der Waals surface area contributed by atoms with E-state index in [2.05, 4.69) is 20.2 Å². The molecule has 1 N–H and O–H groups in total. The first-order chi connectivity index (χ1) is 13.5. The van der Waals surface area contributed by atoms with Crippen LogP contribution in [-0.2, 0) is 13.0 Å². The van der Waals surface area contributed by atoms with Crippen molar-refractivity contribution in [3.63, 3.8) is 0 Å². The summed E-state index contributed by atoms with van der Waals surface area (Å²) in [4.78, 5) is 31.3. The Kier molecular flexibility index (Phi) is 5.56. The van der Waals surface area contributed by atoms with Gasteiger partial charge in [0.05, 0.1) is 6.57 Å². The second-order valence-electron chi connectivity index (χ2n) is 5.98. The number of carbonyl (C=O) groups excluding carboxylic acids is 1. The summed E-state index contributed by atoms with van der Waals surface area (Å²) in [6, 6.07) is 10.2. The fourth-order valence-corrected chi connectivity index (χ4v) is 2.62. The Labute approximate surface area is 160 Å². The molecule has 2 heterocycles. The number of aromatic nitrogens is 3. The molecule has 28 heavy (non-hydrogen) atoms. The highest BCUT2D eigenvalue weighted by molar-refractivity contribution is 6.02. The number of carbonyl (C=O) groups is 1. The molecule has 0 unspecified atom stereocenters. The molecule has 1 aromatic carbocycles. The lowest BCUT2D eigenvalue weighted by molar-refractivity contribution is 0.101. The highest BCUT2D eigenvalue weighted by Gasteiger charge is 2.10. The molecule has 3 aromatic rings. The van der Waals surface area contributed by atoms with Crippen LogP contribution >= 0.6 is 0 Å². The minimum Gasteiger partial charge on any atom is -0.305 e. The molecule has 0 bridgehead atoms. The Morgan fingerprint density at radius 3 is 2.71 bits per heavy atom. The molecule has 0 saturated carbocycles. The van der Waals surface area contributed by atoms with Gasteiger partial charge in [-0.25, -0.2) is 18.9 Å². The third-order valence-electron chi connectivity index (χ3n) is 3.94. The summed E-state index contributed by atoms with van der Waals surface area (Å²) >= 11 is 0. The smallest absolute Gasteiger partial charge is 0.277 e. The number of nitrogens with one attached hydrogen (secondary N) is 1. The molecule has 1 amide bonds. The zero-order valence-electron chi connectivity index (χ0n) is 15.0. The van der Waals surface area contributed by atoms with E-state index in [1.807, 2.05) is 0 Å². The van der Waals surface area contributed by atoms with Crippen LogP contribution in [0.1, 0.15) is 28.5 Å². The Morgan fingerprint density at radius 2 is 2.04 bits per heavy atom. The summed E-state index contributed by atoms with van der Waals surface area (Å²) in [5, 5.41) is 6.61. The SMILES string of the molecule is [C-]#[N+]c1cc(F)cc(Cc2ccc(NC(=O)c3ccc(=O)n(CC)n3)nc2)c1. The van der Waals surface area contributed by atoms with Crippen LogP contribution in [0, 0.1) is 12.4 Å². The van der Waals surface area contributed by atoms with E-state index < -0.39 is 11.7 Å². The quantitative estimate of drug-likeness (QED) is 0.693. The predicted octanol–water partition coefficient (Wildman–Crippen LogP) is 3.19. The normalized spacial score (nSPS) is 10.3. The van der Waals surface area contributed by atoms with E-state index in [-0.39, 0.29) is 16.9 Å². The first-order valence-corrected chi connectivity index (χ1v) is 8.50. The maximum atomic E-state index is 13.5. The molecule has 0 aliphatic carbocycles. The van der Waals surface area contributed by atoms with Crippen molar-refractivity contribution in [1.29, 1.82) is 0 Å². The minimum absolute atomic E-state index is 0.110. The molecule has 140 valence electrons. The first-order valence-electron chi connectivity index (χ1n) is 8.50. The molecule has 0 atom stereocenters. The van der Waals surface area contributed by atoms with E-state index in [0.717, 1.165) is 5.56 Å². The van der Waals surface area contributed by atoms with Gasteiger partial charge in [0.1, 0.15) is 17.3 Å². The van der Waals surface area contributed by atoms with E-state index in [1.54, 1.807) is 31.3 Å². The van der Waals surface area contributed by atoms with Crippen LogP contribution in [0.3, 0.4) is 0 Å². The number of hydrogen-bond acceptors (Lipinski definition) is 4. The number of halogens is 1. The van der Waals surface area contributed by atoms with Gasteiger partial charge in [-0.2, -0.15) is 5.10 Å². The third-order valence-corrected chi connectivity index (χ3v) is 3.94. The van der Waals surface area contributed by atoms with Crippen LogP contribution in [0.15, 0.2) is 53.5 Å².